The first kappa shape index (κ1) is 27.7. The molecule has 2 aliphatic carbocycles. The maximum atomic E-state index is 14.6. The normalized spacial score (nSPS) is 26.8. The number of allylic oxidation sites excluding steroid dienone is 8. The first-order valence-electron chi connectivity index (χ1n) is 14.3. The summed E-state index contributed by atoms with van der Waals surface area (Å²) in [6.45, 7) is 13.1. The van der Waals surface area contributed by atoms with Crippen LogP contribution in [0.15, 0.2) is 96.1 Å². The van der Waals surface area contributed by atoms with Gasteiger partial charge in [-0.2, -0.15) is 0 Å². The molecule has 0 heterocycles. The quantitative estimate of drug-likeness (QED) is 0.259. The van der Waals surface area contributed by atoms with Gasteiger partial charge < -0.3 is 0 Å². The van der Waals surface area contributed by atoms with Crippen LogP contribution in [-0.2, 0) is 4.79 Å². The molecule has 1 nitrogen and oxygen atoms in total. The lowest BCUT2D eigenvalue weighted by atomic mass is 9.45. The topological polar surface area (TPSA) is 17.1 Å². The lowest BCUT2D eigenvalue weighted by molar-refractivity contribution is -0.124. The van der Waals surface area contributed by atoms with Crippen molar-refractivity contribution in [3.05, 3.63) is 107 Å². The van der Waals surface area contributed by atoms with Crippen molar-refractivity contribution in [2.45, 2.75) is 73.6 Å². The summed E-state index contributed by atoms with van der Waals surface area (Å²) < 4.78 is 0. The Morgan fingerprint density at radius 1 is 0.789 bits per heavy atom. The molecule has 3 unspecified atom stereocenters. The summed E-state index contributed by atoms with van der Waals surface area (Å²) in [4.78, 5) is 14.6. The molecule has 0 amide bonds. The molecule has 0 aliphatic heterocycles. The maximum absolute atomic E-state index is 14.6. The summed E-state index contributed by atoms with van der Waals surface area (Å²) in [7, 11) is 0. The third kappa shape index (κ3) is 4.06. The van der Waals surface area contributed by atoms with Crippen molar-refractivity contribution in [2.75, 3.05) is 0 Å². The highest BCUT2D eigenvalue weighted by Crippen LogP contribution is 2.68. The first-order chi connectivity index (χ1) is 18.4. The van der Waals surface area contributed by atoms with Gasteiger partial charge in [0.05, 0.1) is 5.41 Å². The standard InChI is InChI=1S/C37H42O/c1-7-21-31(38)37(11-5)33(29-24-17-13-18-25-29)34(36(10-4)26-19-14-20-27-36)30(8-2)32(35(37,6)9-3)28-22-15-12-16-23-28/h12-20,22-26H,8-11,27H2,1-6H3. The zero-order valence-corrected chi connectivity index (χ0v) is 24.0. The Kier molecular flexibility index (Phi) is 8.13. The van der Waals surface area contributed by atoms with Crippen molar-refractivity contribution in [2.24, 2.45) is 16.2 Å². The lowest BCUT2D eigenvalue weighted by Crippen LogP contribution is -2.51. The number of ketones is 1. The van der Waals surface area contributed by atoms with Gasteiger partial charge in [0.2, 0.25) is 5.78 Å². The molecule has 0 saturated heterocycles. The number of carbonyl (C=O) groups is 1. The summed E-state index contributed by atoms with van der Waals surface area (Å²) >= 11 is 0. The van der Waals surface area contributed by atoms with Crippen LogP contribution in [0.25, 0.3) is 11.1 Å². The molecule has 2 aliphatic rings. The van der Waals surface area contributed by atoms with E-state index in [0.29, 0.717) is 6.42 Å². The number of hydrogen-bond donors (Lipinski definition) is 0. The third-order valence-corrected chi connectivity index (χ3v) is 9.39. The fourth-order valence-electron chi connectivity index (χ4n) is 7.39. The number of carbonyl (C=O) groups excluding carboxylic acids is 1. The molecule has 0 saturated carbocycles. The van der Waals surface area contributed by atoms with Crippen LogP contribution in [0.1, 0.15) is 84.8 Å². The van der Waals surface area contributed by atoms with E-state index in [1.807, 2.05) is 0 Å². The number of hydrogen-bond acceptors (Lipinski definition) is 1. The van der Waals surface area contributed by atoms with E-state index in [0.717, 1.165) is 31.2 Å². The molecule has 0 fully saturated rings. The molecule has 2 aromatic carbocycles. The lowest BCUT2D eigenvalue weighted by Gasteiger charge is -2.56. The molecule has 0 N–H and O–H groups in total. The molecule has 4 rings (SSSR count). The third-order valence-electron chi connectivity index (χ3n) is 9.39. The summed E-state index contributed by atoms with van der Waals surface area (Å²) in [6.07, 6.45) is 13.4. The molecular formula is C37H42O. The molecule has 2 aromatic rings. The first-order valence-corrected chi connectivity index (χ1v) is 14.3. The summed E-state index contributed by atoms with van der Waals surface area (Å²) in [5.74, 6) is 6.11. The van der Waals surface area contributed by atoms with Gasteiger partial charge >= 0.3 is 0 Å². The number of Topliss-reactive ketones (excluding diaryl/α,β-unsaturated/α-hetero) is 1. The van der Waals surface area contributed by atoms with Crippen molar-refractivity contribution in [1.29, 1.82) is 0 Å². The molecule has 0 spiro atoms. The van der Waals surface area contributed by atoms with E-state index < -0.39 is 10.8 Å². The molecule has 3 atom stereocenters. The number of benzene rings is 2. The minimum absolute atomic E-state index is 0.0355. The van der Waals surface area contributed by atoms with Crippen molar-refractivity contribution in [3.63, 3.8) is 0 Å². The average Bonchev–Trinajstić information content (AvgIpc) is 2.97. The molecular weight excluding hydrogens is 460 g/mol. The average molecular weight is 503 g/mol. The second kappa shape index (κ2) is 11.2. The fourth-order valence-corrected chi connectivity index (χ4v) is 7.39. The Bertz CT molecular complexity index is 1360. The molecule has 0 radical (unpaired) electrons. The van der Waals surface area contributed by atoms with Gasteiger partial charge in [0.15, 0.2) is 0 Å². The highest BCUT2D eigenvalue weighted by atomic mass is 16.1. The van der Waals surface area contributed by atoms with Gasteiger partial charge in [0.1, 0.15) is 0 Å². The highest BCUT2D eigenvalue weighted by Gasteiger charge is 2.60. The van der Waals surface area contributed by atoms with Gasteiger partial charge in [-0.3, -0.25) is 4.79 Å². The van der Waals surface area contributed by atoms with Crippen LogP contribution in [0.2, 0.25) is 0 Å². The van der Waals surface area contributed by atoms with Crippen molar-refractivity contribution < 1.29 is 4.79 Å². The zero-order chi connectivity index (χ0) is 27.4. The van der Waals surface area contributed by atoms with Crippen LogP contribution in [0, 0.1) is 28.1 Å². The van der Waals surface area contributed by atoms with Crippen LogP contribution < -0.4 is 0 Å². The minimum Gasteiger partial charge on any atom is -0.284 e. The maximum Gasteiger partial charge on any atom is 0.216 e. The Balaban J connectivity index is 2.34. The van der Waals surface area contributed by atoms with Gasteiger partial charge in [0, 0.05) is 10.8 Å². The summed E-state index contributed by atoms with van der Waals surface area (Å²) in [6, 6.07) is 21.5. The van der Waals surface area contributed by atoms with Gasteiger partial charge in [0.25, 0.3) is 0 Å². The van der Waals surface area contributed by atoms with Gasteiger partial charge in [-0.05, 0) is 78.4 Å². The highest BCUT2D eigenvalue weighted by molar-refractivity contribution is 6.13. The Labute approximate surface area is 230 Å². The fraction of sp³-hybridized carbons (Fsp3) is 0.378. The van der Waals surface area contributed by atoms with E-state index in [9.17, 15) is 4.79 Å². The van der Waals surface area contributed by atoms with Gasteiger partial charge in [-0.15, -0.1) is 0 Å². The molecule has 0 aromatic heterocycles. The smallest absolute Gasteiger partial charge is 0.216 e. The Hall–Kier alpha value is -3.37. The molecule has 196 valence electrons. The zero-order valence-electron chi connectivity index (χ0n) is 24.0. The van der Waals surface area contributed by atoms with Crippen molar-refractivity contribution >= 4 is 16.9 Å². The van der Waals surface area contributed by atoms with Crippen LogP contribution in [0.5, 0.6) is 0 Å². The van der Waals surface area contributed by atoms with E-state index in [1.54, 1.807) is 6.92 Å². The SMILES string of the molecule is CC#CC(=O)C1(CC)C(c2ccccc2)=C(C2(CC)C=CC=CC2)C(CC)=C(c2ccccc2)C1(C)CC. The van der Waals surface area contributed by atoms with Crippen molar-refractivity contribution in [3.8, 4) is 11.8 Å². The molecule has 1 heteroatoms. The largest absolute Gasteiger partial charge is 0.284 e. The predicted octanol–water partition coefficient (Wildman–Crippen LogP) is 9.64. The summed E-state index contributed by atoms with van der Waals surface area (Å²) in [5.41, 5.74) is 6.18. The van der Waals surface area contributed by atoms with Crippen LogP contribution in [0.3, 0.4) is 0 Å². The second-order valence-corrected chi connectivity index (χ2v) is 10.8. The van der Waals surface area contributed by atoms with E-state index in [2.05, 4.69) is 131 Å². The van der Waals surface area contributed by atoms with Crippen LogP contribution >= 0.6 is 0 Å². The van der Waals surface area contributed by atoms with Crippen LogP contribution in [0.4, 0.5) is 0 Å². The summed E-state index contributed by atoms with van der Waals surface area (Å²) in [5, 5.41) is 0. The Morgan fingerprint density at radius 3 is 1.84 bits per heavy atom. The van der Waals surface area contributed by atoms with Gasteiger partial charge in [-0.1, -0.05) is 126 Å². The monoisotopic (exact) mass is 502 g/mol. The van der Waals surface area contributed by atoms with E-state index in [1.165, 1.54) is 27.9 Å². The molecule has 38 heavy (non-hydrogen) atoms. The predicted molar refractivity (Wildman–Crippen MR) is 162 cm³/mol. The minimum atomic E-state index is -0.789. The Morgan fingerprint density at radius 2 is 1.39 bits per heavy atom. The van der Waals surface area contributed by atoms with Crippen LogP contribution in [-0.4, -0.2) is 5.78 Å². The second-order valence-electron chi connectivity index (χ2n) is 10.8. The van der Waals surface area contributed by atoms with E-state index >= 15 is 0 Å². The van der Waals surface area contributed by atoms with E-state index in [4.69, 9.17) is 0 Å². The molecule has 0 bridgehead atoms. The van der Waals surface area contributed by atoms with E-state index in [-0.39, 0.29) is 11.2 Å². The van der Waals surface area contributed by atoms with Crippen molar-refractivity contribution in [1.82, 2.24) is 0 Å². The number of rotatable bonds is 8. The van der Waals surface area contributed by atoms with Gasteiger partial charge in [-0.25, -0.2) is 0 Å².